The first-order chi connectivity index (χ1) is 7.72. The lowest BCUT2D eigenvalue weighted by Gasteiger charge is -2.01. The van der Waals surface area contributed by atoms with Crippen molar-refractivity contribution in [2.24, 2.45) is 0 Å². The molecule has 2 rings (SSSR count). The Morgan fingerprint density at radius 3 is 3.06 bits per heavy atom. The first-order valence-corrected chi connectivity index (χ1v) is 5.44. The van der Waals surface area contributed by atoms with E-state index >= 15 is 0 Å². The van der Waals surface area contributed by atoms with Crippen LogP contribution in [0.15, 0.2) is 17.0 Å². The van der Waals surface area contributed by atoms with Crippen molar-refractivity contribution in [2.45, 2.75) is 6.92 Å². The van der Waals surface area contributed by atoms with Crippen molar-refractivity contribution in [3.8, 4) is 6.07 Å². The topological polar surface area (TPSA) is 81.6 Å². The number of nitrogens with zero attached hydrogens (tertiary/aromatic N) is 2. The smallest absolute Gasteiger partial charge is 0.257 e. The van der Waals surface area contributed by atoms with E-state index < -0.39 is 0 Å². The normalized spacial score (nSPS) is 9.75. The SMILES string of the molecule is Cc1cscc1C(=O)Nc1[nH]ncc1C#N. The number of thiophene rings is 1. The number of aryl methyl sites for hydroxylation is 1. The van der Waals surface area contributed by atoms with E-state index in [9.17, 15) is 4.79 Å². The Morgan fingerprint density at radius 1 is 1.62 bits per heavy atom. The van der Waals surface area contributed by atoms with Crippen molar-refractivity contribution in [1.82, 2.24) is 10.2 Å². The number of nitrogens with one attached hydrogen (secondary N) is 2. The zero-order valence-electron chi connectivity index (χ0n) is 8.44. The molecule has 0 atom stereocenters. The van der Waals surface area contributed by atoms with Crippen LogP contribution in [0.2, 0.25) is 0 Å². The quantitative estimate of drug-likeness (QED) is 0.829. The second-order valence-electron chi connectivity index (χ2n) is 3.19. The van der Waals surface area contributed by atoms with Crippen molar-refractivity contribution < 1.29 is 4.79 Å². The number of H-pyrrole nitrogens is 1. The Balaban J connectivity index is 2.21. The summed E-state index contributed by atoms with van der Waals surface area (Å²) in [5.41, 5.74) is 1.85. The molecule has 0 saturated heterocycles. The predicted molar refractivity (Wildman–Crippen MR) is 60.3 cm³/mol. The maximum absolute atomic E-state index is 11.8. The Bertz CT molecular complexity index is 563. The van der Waals surface area contributed by atoms with Gasteiger partial charge in [-0.05, 0) is 17.9 Å². The number of amides is 1. The van der Waals surface area contributed by atoms with E-state index in [0.717, 1.165) is 5.56 Å². The molecule has 2 N–H and O–H groups in total. The van der Waals surface area contributed by atoms with Crippen molar-refractivity contribution in [3.63, 3.8) is 0 Å². The molecule has 16 heavy (non-hydrogen) atoms. The van der Waals surface area contributed by atoms with E-state index in [1.54, 1.807) is 5.38 Å². The maximum atomic E-state index is 11.8. The van der Waals surface area contributed by atoms with Gasteiger partial charge in [-0.1, -0.05) is 0 Å². The number of rotatable bonds is 2. The highest BCUT2D eigenvalue weighted by Gasteiger charge is 2.13. The van der Waals surface area contributed by atoms with Crippen molar-refractivity contribution in [3.05, 3.63) is 33.6 Å². The van der Waals surface area contributed by atoms with E-state index in [4.69, 9.17) is 5.26 Å². The van der Waals surface area contributed by atoms with Crippen molar-refractivity contribution >= 4 is 23.1 Å². The fraction of sp³-hybridized carbons (Fsp3) is 0.100. The summed E-state index contributed by atoms with van der Waals surface area (Å²) in [5.74, 6) is 0.0950. The van der Waals surface area contributed by atoms with E-state index in [1.807, 2.05) is 18.4 Å². The molecule has 0 aliphatic rings. The molecule has 80 valence electrons. The summed E-state index contributed by atoms with van der Waals surface area (Å²) in [6.45, 7) is 1.86. The van der Waals surface area contributed by atoms with Crippen LogP contribution in [0.4, 0.5) is 5.82 Å². The van der Waals surface area contributed by atoms with E-state index in [-0.39, 0.29) is 5.91 Å². The van der Waals surface area contributed by atoms with Gasteiger partial charge in [-0.25, -0.2) is 0 Å². The highest BCUT2D eigenvalue weighted by Crippen LogP contribution is 2.16. The molecular formula is C10H8N4OS. The van der Waals surface area contributed by atoms with Crippen LogP contribution < -0.4 is 5.32 Å². The Hall–Kier alpha value is -2.13. The molecule has 0 saturated carbocycles. The molecule has 0 aliphatic carbocycles. The lowest BCUT2D eigenvalue weighted by molar-refractivity contribution is 0.102. The average Bonchev–Trinajstić information content (AvgIpc) is 2.86. The fourth-order valence-electron chi connectivity index (χ4n) is 1.24. The second-order valence-corrected chi connectivity index (χ2v) is 3.94. The highest BCUT2D eigenvalue weighted by molar-refractivity contribution is 7.08. The molecule has 2 aromatic heterocycles. The minimum absolute atomic E-state index is 0.237. The molecule has 5 nitrogen and oxygen atoms in total. The van der Waals surface area contributed by atoms with E-state index in [2.05, 4.69) is 15.5 Å². The zero-order valence-corrected chi connectivity index (χ0v) is 9.26. The van der Waals surface area contributed by atoms with E-state index in [0.29, 0.717) is 16.9 Å². The largest absolute Gasteiger partial charge is 0.306 e. The van der Waals surface area contributed by atoms with Gasteiger partial charge in [-0.15, -0.1) is 0 Å². The summed E-state index contributed by atoms with van der Waals surface area (Å²) in [7, 11) is 0. The number of hydrogen-bond donors (Lipinski definition) is 2. The Morgan fingerprint density at radius 2 is 2.44 bits per heavy atom. The van der Waals surface area contributed by atoms with Crippen LogP contribution in [0.3, 0.4) is 0 Å². The van der Waals surface area contributed by atoms with Gasteiger partial charge in [0.1, 0.15) is 17.5 Å². The highest BCUT2D eigenvalue weighted by atomic mass is 32.1. The Labute approximate surface area is 95.7 Å². The van der Waals surface area contributed by atoms with Crippen molar-refractivity contribution in [2.75, 3.05) is 5.32 Å². The summed E-state index contributed by atoms with van der Waals surface area (Å²) >= 11 is 1.47. The molecule has 0 aliphatic heterocycles. The minimum Gasteiger partial charge on any atom is -0.306 e. The minimum atomic E-state index is -0.237. The third-order valence-electron chi connectivity index (χ3n) is 2.10. The third-order valence-corrected chi connectivity index (χ3v) is 2.96. The van der Waals surface area contributed by atoms with Crippen LogP contribution in [0.5, 0.6) is 0 Å². The Kier molecular flexibility index (Phi) is 2.70. The number of nitriles is 1. The molecule has 6 heteroatoms. The molecule has 0 aromatic carbocycles. The first kappa shape index (κ1) is 10.4. The van der Waals surface area contributed by atoms with Gasteiger partial charge in [-0.3, -0.25) is 9.89 Å². The standard InChI is InChI=1S/C10H8N4OS/c1-6-4-16-5-8(6)10(15)13-9-7(2-11)3-12-14-9/h3-5H,1H3,(H2,12,13,14,15). The van der Waals surface area contributed by atoms with Gasteiger partial charge < -0.3 is 5.32 Å². The van der Waals surface area contributed by atoms with Gasteiger partial charge >= 0.3 is 0 Å². The molecule has 2 heterocycles. The molecule has 0 radical (unpaired) electrons. The van der Waals surface area contributed by atoms with Crippen LogP contribution in [-0.2, 0) is 0 Å². The number of anilines is 1. The summed E-state index contributed by atoms with van der Waals surface area (Å²) < 4.78 is 0. The summed E-state index contributed by atoms with van der Waals surface area (Å²) in [5, 5.41) is 21.3. The van der Waals surface area contributed by atoms with Crippen LogP contribution in [0, 0.1) is 18.3 Å². The first-order valence-electron chi connectivity index (χ1n) is 4.50. The van der Waals surface area contributed by atoms with Crippen molar-refractivity contribution in [1.29, 1.82) is 5.26 Å². The summed E-state index contributed by atoms with van der Waals surface area (Å²) in [6, 6.07) is 1.93. The number of aromatic nitrogens is 2. The number of aromatic amines is 1. The number of carbonyl (C=O) groups is 1. The number of carbonyl (C=O) groups excluding carboxylic acids is 1. The van der Waals surface area contributed by atoms with Gasteiger partial charge in [0.2, 0.25) is 0 Å². The summed E-state index contributed by atoms with van der Waals surface area (Å²) in [6.07, 6.45) is 1.37. The molecule has 0 bridgehead atoms. The van der Waals surface area contributed by atoms with Crippen LogP contribution in [-0.4, -0.2) is 16.1 Å². The van der Waals surface area contributed by atoms with E-state index in [1.165, 1.54) is 17.5 Å². The van der Waals surface area contributed by atoms with Gasteiger partial charge in [0, 0.05) is 5.38 Å². The monoisotopic (exact) mass is 232 g/mol. The third kappa shape index (κ3) is 1.81. The fourth-order valence-corrected chi connectivity index (χ4v) is 2.07. The predicted octanol–water partition coefficient (Wildman–Crippen LogP) is 1.90. The zero-order chi connectivity index (χ0) is 11.5. The molecule has 1 amide bonds. The van der Waals surface area contributed by atoms with Crippen LogP contribution in [0.25, 0.3) is 0 Å². The van der Waals surface area contributed by atoms with Gasteiger partial charge in [-0.2, -0.15) is 21.7 Å². The van der Waals surface area contributed by atoms with Gasteiger partial charge in [0.05, 0.1) is 11.8 Å². The molecule has 0 fully saturated rings. The lowest BCUT2D eigenvalue weighted by Crippen LogP contribution is -2.13. The van der Waals surface area contributed by atoms with Gasteiger partial charge in [0.15, 0.2) is 0 Å². The molecule has 2 aromatic rings. The molecular weight excluding hydrogens is 224 g/mol. The van der Waals surface area contributed by atoms with Crippen LogP contribution >= 0.6 is 11.3 Å². The maximum Gasteiger partial charge on any atom is 0.257 e. The second kappa shape index (κ2) is 4.16. The molecule has 0 spiro atoms. The van der Waals surface area contributed by atoms with Crippen LogP contribution in [0.1, 0.15) is 21.5 Å². The number of hydrogen-bond acceptors (Lipinski definition) is 4. The average molecular weight is 232 g/mol. The summed E-state index contributed by atoms with van der Waals surface area (Å²) in [4.78, 5) is 11.8. The van der Waals surface area contributed by atoms with Gasteiger partial charge in [0.25, 0.3) is 5.91 Å². The molecule has 0 unspecified atom stereocenters. The lowest BCUT2D eigenvalue weighted by atomic mass is 10.2.